The van der Waals surface area contributed by atoms with Gasteiger partial charge in [0.15, 0.2) is 17.3 Å². The maximum absolute atomic E-state index is 12.8. The van der Waals surface area contributed by atoms with Crippen molar-refractivity contribution in [3.05, 3.63) is 107 Å². The summed E-state index contributed by atoms with van der Waals surface area (Å²) in [7, 11) is 1.57. The molecule has 0 fully saturated rings. The van der Waals surface area contributed by atoms with Gasteiger partial charge in [-0.1, -0.05) is 48.5 Å². The van der Waals surface area contributed by atoms with Gasteiger partial charge < -0.3 is 9.47 Å². The first-order chi connectivity index (χ1) is 18.6. The van der Waals surface area contributed by atoms with E-state index in [2.05, 4.69) is 33.3 Å². The summed E-state index contributed by atoms with van der Waals surface area (Å²) in [5.74, 6) is 0.565. The summed E-state index contributed by atoms with van der Waals surface area (Å²) >= 11 is 1.24. The number of methoxy groups -OCH3 is 1. The van der Waals surface area contributed by atoms with Crippen LogP contribution in [0.1, 0.15) is 16.7 Å². The molecule has 8 nitrogen and oxygen atoms in total. The summed E-state index contributed by atoms with van der Waals surface area (Å²) < 4.78 is 11.7. The number of fused-ring (bicyclic) bond motifs is 2. The Morgan fingerprint density at radius 1 is 1.03 bits per heavy atom. The minimum atomic E-state index is -0.494. The molecule has 3 heterocycles. The molecule has 0 bridgehead atoms. The normalized spacial score (nSPS) is 15.9. The highest BCUT2D eigenvalue weighted by atomic mass is 32.2. The molecule has 4 aromatic rings. The Morgan fingerprint density at radius 3 is 2.74 bits per heavy atom. The first-order valence-electron chi connectivity index (χ1n) is 11.8. The Labute approximate surface area is 222 Å². The van der Waals surface area contributed by atoms with E-state index in [0.717, 1.165) is 21.9 Å². The summed E-state index contributed by atoms with van der Waals surface area (Å²) in [5.41, 5.74) is 2.68. The number of hydrogen-bond acceptors (Lipinski definition) is 7. The molecule has 38 heavy (non-hydrogen) atoms. The topological polar surface area (TPSA) is 100 Å². The van der Waals surface area contributed by atoms with Crippen LogP contribution in [0.4, 0.5) is 0 Å². The molecule has 1 amide bonds. The van der Waals surface area contributed by atoms with Crippen molar-refractivity contribution in [3.63, 3.8) is 0 Å². The standard InChI is InChI=1S/C29H21N5O3S/c1-36-25-15-18(11-12-24(25)37-17-21-8-4-7-19-6-2-3-10-22(19)21)14-23-26(30)34-29(32-27(23)35)38-28(33-34)20-9-5-13-31-16-20/h2-16,30H,17H2,1H3. The second kappa shape index (κ2) is 9.95. The number of hydrazone groups is 1. The Bertz CT molecular complexity index is 1680. The lowest BCUT2D eigenvalue weighted by molar-refractivity contribution is -0.114. The molecule has 6 rings (SSSR count). The van der Waals surface area contributed by atoms with Crippen molar-refractivity contribution in [1.29, 1.82) is 5.41 Å². The number of benzene rings is 3. The van der Waals surface area contributed by atoms with Crippen LogP contribution in [0.25, 0.3) is 16.8 Å². The van der Waals surface area contributed by atoms with Gasteiger partial charge >= 0.3 is 0 Å². The fraction of sp³-hybridized carbons (Fsp3) is 0.0690. The van der Waals surface area contributed by atoms with E-state index in [0.29, 0.717) is 33.9 Å². The molecule has 2 aliphatic heterocycles. The first kappa shape index (κ1) is 23.6. The Hall–Kier alpha value is -4.76. The van der Waals surface area contributed by atoms with E-state index in [1.165, 1.54) is 16.8 Å². The van der Waals surface area contributed by atoms with Crippen LogP contribution in [0.5, 0.6) is 11.5 Å². The molecule has 0 saturated carbocycles. The number of nitrogens with zero attached hydrogens (tertiary/aromatic N) is 4. The van der Waals surface area contributed by atoms with Gasteiger partial charge in [0, 0.05) is 18.0 Å². The number of pyridine rings is 1. The number of carbonyl (C=O) groups is 1. The molecular formula is C29H21N5O3S. The number of thioether (sulfide) groups is 1. The van der Waals surface area contributed by atoms with Crippen molar-refractivity contribution in [3.8, 4) is 11.5 Å². The van der Waals surface area contributed by atoms with Crippen LogP contribution >= 0.6 is 11.8 Å². The molecule has 186 valence electrons. The molecule has 9 heteroatoms. The molecule has 2 aliphatic rings. The van der Waals surface area contributed by atoms with Crippen molar-refractivity contribution in [2.24, 2.45) is 10.1 Å². The average molecular weight is 520 g/mol. The molecule has 0 radical (unpaired) electrons. The molecule has 0 saturated heterocycles. The molecule has 0 spiro atoms. The number of aromatic nitrogens is 1. The zero-order valence-electron chi connectivity index (χ0n) is 20.3. The number of carbonyl (C=O) groups excluding carboxylic acids is 1. The molecule has 0 aliphatic carbocycles. The number of hydrogen-bond donors (Lipinski definition) is 1. The van der Waals surface area contributed by atoms with Crippen molar-refractivity contribution in [1.82, 2.24) is 9.99 Å². The van der Waals surface area contributed by atoms with E-state index in [-0.39, 0.29) is 11.4 Å². The summed E-state index contributed by atoms with van der Waals surface area (Å²) in [4.78, 5) is 21.1. The molecule has 0 unspecified atom stereocenters. The monoisotopic (exact) mass is 519 g/mol. The third-order valence-electron chi connectivity index (χ3n) is 6.12. The highest BCUT2D eigenvalue weighted by Gasteiger charge is 2.36. The highest BCUT2D eigenvalue weighted by molar-refractivity contribution is 8.27. The molecule has 0 atom stereocenters. The fourth-order valence-corrected chi connectivity index (χ4v) is 5.11. The Kier molecular flexibility index (Phi) is 6.19. The number of amides is 1. The zero-order chi connectivity index (χ0) is 26.1. The van der Waals surface area contributed by atoms with Gasteiger partial charge in [-0.25, -0.2) is 0 Å². The van der Waals surface area contributed by atoms with E-state index in [1.807, 2.05) is 42.5 Å². The van der Waals surface area contributed by atoms with Crippen molar-refractivity contribution >= 4 is 50.6 Å². The van der Waals surface area contributed by atoms with E-state index in [9.17, 15) is 4.79 Å². The van der Waals surface area contributed by atoms with E-state index in [1.54, 1.807) is 37.7 Å². The lowest BCUT2D eigenvalue weighted by atomic mass is 10.1. The van der Waals surface area contributed by atoms with Gasteiger partial charge in [0.2, 0.25) is 5.17 Å². The first-order valence-corrected chi connectivity index (χ1v) is 12.6. The van der Waals surface area contributed by atoms with Crippen LogP contribution in [0.2, 0.25) is 0 Å². The van der Waals surface area contributed by atoms with Gasteiger partial charge in [0.25, 0.3) is 5.91 Å². The van der Waals surface area contributed by atoms with Crippen LogP contribution in [-0.4, -0.2) is 39.1 Å². The zero-order valence-corrected chi connectivity index (χ0v) is 21.1. The summed E-state index contributed by atoms with van der Waals surface area (Å²) in [6.07, 6.45) is 4.97. The third kappa shape index (κ3) is 4.44. The number of aliphatic imine (C=N–C) groups is 1. The Balaban J connectivity index is 1.24. The predicted octanol–water partition coefficient (Wildman–Crippen LogP) is 5.49. The fourth-order valence-electron chi connectivity index (χ4n) is 4.23. The lowest BCUT2D eigenvalue weighted by Crippen LogP contribution is -2.35. The number of ether oxygens (including phenoxy) is 2. The quantitative estimate of drug-likeness (QED) is 0.338. The van der Waals surface area contributed by atoms with Crippen LogP contribution in [0, 0.1) is 5.41 Å². The minimum absolute atomic E-state index is 0.0401. The van der Waals surface area contributed by atoms with Gasteiger partial charge in [0.05, 0.1) is 12.7 Å². The van der Waals surface area contributed by atoms with E-state index < -0.39 is 5.91 Å². The number of nitrogens with one attached hydrogen (secondary N) is 1. The van der Waals surface area contributed by atoms with Gasteiger partial charge in [-0.05, 0) is 64.0 Å². The van der Waals surface area contributed by atoms with E-state index >= 15 is 0 Å². The second-order valence-corrected chi connectivity index (χ2v) is 9.46. The largest absolute Gasteiger partial charge is 0.493 e. The number of amidine groups is 2. The second-order valence-electron chi connectivity index (χ2n) is 8.50. The molecular weight excluding hydrogens is 498 g/mol. The number of rotatable bonds is 6. The minimum Gasteiger partial charge on any atom is -0.493 e. The van der Waals surface area contributed by atoms with Crippen LogP contribution in [-0.2, 0) is 11.4 Å². The molecule has 1 N–H and O–H groups in total. The highest BCUT2D eigenvalue weighted by Crippen LogP contribution is 2.33. The van der Waals surface area contributed by atoms with Crippen LogP contribution in [0.15, 0.2) is 101 Å². The van der Waals surface area contributed by atoms with Crippen LogP contribution < -0.4 is 9.47 Å². The van der Waals surface area contributed by atoms with Gasteiger partial charge in [-0.2, -0.15) is 15.1 Å². The van der Waals surface area contributed by atoms with Gasteiger partial charge in [0.1, 0.15) is 11.7 Å². The lowest BCUT2D eigenvalue weighted by Gasteiger charge is -2.20. The third-order valence-corrected chi connectivity index (χ3v) is 7.08. The maximum atomic E-state index is 12.8. The van der Waals surface area contributed by atoms with Gasteiger partial charge in [-0.15, -0.1) is 0 Å². The van der Waals surface area contributed by atoms with Crippen molar-refractivity contribution in [2.45, 2.75) is 6.61 Å². The van der Waals surface area contributed by atoms with Gasteiger partial charge in [-0.3, -0.25) is 15.2 Å². The predicted molar refractivity (Wildman–Crippen MR) is 150 cm³/mol. The molecule has 3 aromatic carbocycles. The smallest absolute Gasteiger partial charge is 0.283 e. The maximum Gasteiger partial charge on any atom is 0.283 e. The van der Waals surface area contributed by atoms with E-state index in [4.69, 9.17) is 14.9 Å². The van der Waals surface area contributed by atoms with Crippen LogP contribution in [0.3, 0.4) is 0 Å². The van der Waals surface area contributed by atoms with Crippen molar-refractivity contribution < 1.29 is 14.3 Å². The summed E-state index contributed by atoms with van der Waals surface area (Å²) in [6, 6.07) is 23.4. The Morgan fingerprint density at radius 2 is 1.89 bits per heavy atom. The molecule has 1 aromatic heterocycles. The summed E-state index contributed by atoms with van der Waals surface area (Å²) in [5, 5.41) is 17.8. The summed E-state index contributed by atoms with van der Waals surface area (Å²) in [6.45, 7) is 0.378. The van der Waals surface area contributed by atoms with Crippen molar-refractivity contribution in [2.75, 3.05) is 7.11 Å². The average Bonchev–Trinajstić information content (AvgIpc) is 3.39. The SMILES string of the molecule is COc1cc(C=C2C(=N)N3N=C(c4cccnc4)SC3=NC2=O)ccc1OCc1cccc2ccccc12.